The molecule has 0 aliphatic carbocycles. The fraction of sp³-hybridized carbons (Fsp3) is 0.167. The van der Waals surface area contributed by atoms with Gasteiger partial charge in [0.1, 0.15) is 6.04 Å². The van der Waals surface area contributed by atoms with Crippen LogP contribution in [0.25, 0.3) is 0 Å². The molecule has 0 fully saturated rings. The van der Waals surface area contributed by atoms with Crippen LogP contribution >= 0.6 is 0 Å². The van der Waals surface area contributed by atoms with Crippen LogP contribution in [0.1, 0.15) is 27.0 Å². The van der Waals surface area contributed by atoms with Gasteiger partial charge in [-0.15, -0.1) is 0 Å². The lowest BCUT2D eigenvalue weighted by Gasteiger charge is -2.19. The van der Waals surface area contributed by atoms with Crippen molar-refractivity contribution in [1.29, 1.82) is 0 Å². The highest BCUT2D eigenvalue weighted by Gasteiger charge is 2.30. The molecule has 0 radical (unpaired) electrons. The molecule has 0 saturated carbocycles. The Morgan fingerprint density at radius 2 is 1.48 bits per heavy atom. The Morgan fingerprint density at radius 3 is 2.10 bits per heavy atom. The van der Waals surface area contributed by atoms with Gasteiger partial charge in [0, 0.05) is 17.7 Å². The number of hydrogen-bond donors (Lipinski definition) is 2. The molecule has 0 heterocycles. The summed E-state index contributed by atoms with van der Waals surface area (Å²) in [6.07, 6.45) is -4.23. The molecule has 4 nitrogen and oxygen atoms in total. The second-order valence-corrected chi connectivity index (χ2v) is 7.10. The van der Waals surface area contributed by atoms with Crippen LogP contribution in [0, 0.1) is 6.92 Å². The Balaban J connectivity index is 1.79. The average Bonchev–Trinajstić information content (AvgIpc) is 2.74. The Kier molecular flexibility index (Phi) is 6.74. The number of carbonyl (C=O) groups is 2. The average molecular weight is 426 g/mol. The zero-order chi connectivity index (χ0) is 22.4. The maximum Gasteiger partial charge on any atom is 0.416 e. The first kappa shape index (κ1) is 22.1. The molecule has 0 aliphatic rings. The molecule has 7 heteroatoms. The van der Waals surface area contributed by atoms with E-state index in [1.807, 2.05) is 36.4 Å². The number of carbonyl (C=O) groups excluding carboxylic acids is 2. The number of amides is 2. The second kappa shape index (κ2) is 9.47. The first-order valence-corrected chi connectivity index (χ1v) is 9.62. The number of halogens is 3. The number of rotatable bonds is 6. The number of alkyl halides is 3. The van der Waals surface area contributed by atoms with Crippen LogP contribution in [-0.4, -0.2) is 17.9 Å². The summed E-state index contributed by atoms with van der Waals surface area (Å²) in [6.45, 7) is 1.80. The molecule has 1 atom stereocenters. The quantitative estimate of drug-likeness (QED) is 0.583. The first-order valence-electron chi connectivity index (χ1n) is 9.62. The summed E-state index contributed by atoms with van der Waals surface area (Å²) >= 11 is 0. The van der Waals surface area contributed by atoms with Crippen LogP contribution in [0.5, 0.6) is 0 Å². The van der Waals surface area contributed by atoms with Crippen LogP contribution < -0.4 is 10.6 Å². The zero-order valence-corrected chi connectivity index (χ0v) is 16.7. The maximum absolute atomic E-state index is 12.9. The van der Waals surface area contributed by atoms with Gasteiger partial charge in [-0.25, -0.2) is 0 Å². The highest BCUT2D eigenvalue weighted by molar-refractivity contribution is 6.01. The summed E-state index contributed by atoms with van der Waals surface area (Å²) in [5, 5.41) is 5.34. The van der Waals surface area contributed by atoms with Gasteiger partial charge in [-0.2, -0.15) is 13.2 Å². The summed E-state index contributed by atoms with van der Waals surface area (Å²) in [4.78, 5) is 25.7. The number of benzene rings is 3. The van der Waals surface area contributed by atoms with Crippen molar-refractivity contribution in [1.82, 2.24) is 5.32 Å². The van der Waals surface area contributed by atoms with Crippen molar-refractivity contribution in [2.24, 2.45) is 0 Å². The summed E-state index contributed by atoms with van der Waals surface area (Å²) in [5.41, 5.74) is 1.45. The zero-order valence-electron chi connectivity index (χ0n) is 16.7. The predicted octanol–water partition coefficient (Wildman–Crippen LogP) is 4.99. The van der Waals surface area contributed by atoms with Crippen molar-refractivity contribution in [2.75, 3.05) is 5.32 Å². The highest BCUT2D eigenvalue weighted by Crippen LogP contribution is 2.29. The largest absolute Gasteiger partial charge is 0.416 e. The molecule has 1 unspecified atom stereocenters. The van der Waals surface area contributed by atoms with E-state index in [4.69, 9.17) is 0 Å². The van der Waals surface area contributed by atoms with Gasteiger partial charge >= 0.3 is 6.18 Å². The van der Waals surface area contributed by atoms with E-state index < -0.39 is 29.6 Å². The molecule has 0 aromatic heterocycles. The van der Waals surface area contributed by atoms with Crippen molar-refractivity contribution >= 4 is 17.5 Å². The molecular formula is C24H21F3N2O2. The van der Waals surface area contributed by atoms with Gasteiger partial charge in [-0.3, -0.25) is 9.59 Å². The minimum atomic E-state index is -4.46. The van der Waals surface area contributed by atoms with E-state index >= 15 is 0 Å². The maximum atomic E-state index is 12.9. The third kappa shape index (κ3) is 5.94. The van der Waals surface area contributed by atoms with E-state index in [0.717, 1.165) is 23.3 Å². The second-order valence-electron chi connectivity index (χ2n) is 7.10. The van der Waals surface area contributed by atoms with Gasteiger partial charge in [0.05, 0.1) is 5.56 Å². The molecule has 3 rings (SSSR count). The van der Waals surface area contributed by atoms with Crippen molar-refractivity contribution in [3.05, 3.63) is 101 Å². The molecule has 3 aromatic carbocycles. The Hall–Kier alpha value is -3.61. The van der Waals surface area contributed by atoms with Gasteiger partial charge in [0.15, 0.2) is 0 Å². The molecule has 3 aromatic rings. The molecule has 0 aliphatic heterocycles. The summed E-state index contributed by atoms with van der Waals surface area (Å²) in [6, 6.07) is 19.4. The smallest absolute Gasteiger partial charge is 0.340 e. The summed E-state index contributed by atoms with van der Waals surface area (Å²) in [5.74, 6) is -0.924. The van der Waals surface area contributed by atoms with Gasteiger partial charge < -0.3 is 10.6 Å². The number of anilines is 1. The highest BCUT2D eigenvalue weighted by atomic mass is 19.4. The third-order valence-electron chi connectivity index (χ3n) is 4.77. The first-order chi connectivity index (χ1) is 14.7. The van der Waals surface area contributed by atoms with E-state index in [9.17, 15) is 22.8 Å². The minimum Gasteiger partial charge on any atom is -0.340 e. The van der Waals surface area contributed by atoms with Crippen LogP contribution in [0.3, 0.4) is 0 Å². The molecule has 0 saturated heterocycles. The van der Waals surface area contributed by atoms with Crippen molar-refractivity contribution in [2.45, 2.75) is 25.6 Å². The fourth-order valence-corrected chi connectivity index (χ4v) is 3.09. The number of aryl methyl sites for hydroxylation is 1. The molecular weight excluding hydrogens is 405 g/mol. The molecule has 2 amide bonds. The van der Waals surface area contributed by atoms with E-state index in [1.54, 1.807) is 25.1 Å². The SMILES string of the molecule is Cc1ccccc1C(=O)NC(Cc1ccccc1)C(=O)Nc1ccc(C(F)(F)F)cc1. The third-order valence-corrected chi connectivity index (χ3v) is 4.77. The fourth-order valence-electron chi connectivity index (χ4n) is 3.09. The monoisotopic (exact) mass is 426 g/mol. The van der Waals surface area contributed by atoms with Crippen LogP contribution in [-0.2, 0) is 17.4 Å². The van der Waals surface area contributed by atoms with E-state index in [1.165, 1.54) is 12.1 Å². The van der Waals surface area contributed by atoms with Crippen molar-refractivity contribution in [3.63, 3.8) is 0 Å². The van der Waals surface area contributed by atoms with Crippen LogP contribution in [0.15, 0.2) is 78.9 Å². The number of hydrogen-bond acceptors (Lipinski definition) is 2. The lowest BCUT2D eigenvalue weighted by Crippen LogP contribution is -2.45. The van der Waals surface area contributed by atoms with Crippen molar-refractivity contribution < 1.29 is 22.8 Å². The molecule has 31 heavy (non-hydrogen) atoms. The van der Waals surface area contributed by atoms with Crippen LogP contribution in [0.2, 0.25) is 0 Å². The Morgan fingerprint density at radius 1 is 0.871 bits per heavy atom. The lowest BCUT2D eigenvalue weighted by atomic mass is 10.0. The lowest BCUT2D eigenvalue weighted by molar-refractivity contribution is -0.137. The van der Waals surface area contributed by atoms with E-state index in [2.05, 4.69) is 10.6 Å². The summed E-state index contributed by atoms with van der Waals surface area (Å²) < 4.78 is 38.3. The Labute approximate surface area is 178 Å². The summed E-state index contributed by atoms with van der Waals surface area (Å²) in [7, 11) is 0. The van der Waals surface area contributed by atoms with Gasteiger partial charge in [-0.05, 0) is 48.4 Å². The number of nitrogens with one attached hydrogen (secondary N) is 2. The van der Waals surface area contributed by atoms with Gasteiger partial charge in [0.25, 0.3) is 5.91 Å². The standard InChI is InChI=1S/C24H21F3N2O2/c1-16-7-5-6-10-20(16)22(30)29-21(15-17-8-3-2-4-9-17)23(31)28-19-13-11-18(12-14-19)24(25,26)27/h2-14,21H,15H2,1H3,(H,28,31)(H,29,30). The van der Waals surface area contributed by atoms with E-state index in [-0.39, 0.29) is 12.1 Å². The van der Waals surface area contributed by atoms with Gasteiger partial charge in [-0.1, -0.05) is 48.5 Å². The minimum absolute atomic E-state index is 0.209. The molecule has 2 N–H and O–H groups in total. The topological polar surface area (TPSA) is 58.2 Å². The molecule has 0 spiro atoms. The molecule has 0 bridgehead atoms. The molecule has 160 valence electrons. The van der Waals surface area contributed by atoms with Crippen molar-refractivity contribution in [3.8, 4) is 0 Å². The van der Waals surface area contributed by atoms with Crippen LogP contribution in [0.4, 0.5) is 18.9 Å². The van der Waals surface area contributed by atoms with E-state index in [0.29, 0.717) is 5.56 Å². The predicted molar refractivity (Wildman–Crippen MR) is 113 cm³/mol. The normalized spacial score (nSPS) is 12.1. The Bertz CT molecular complexity index is 1050. The van der Waals surface area contributed by atoms with Gasteiger partial charge in [0.2, 0.25) is 5.91 Å².